The number of methoxy groups -OCH3 is 2. The van der Waals surface area contributed by atoms with Crippen LogP contribution in [0.5, 0.6) is 5.75 Å². The second-order valence-corrected chi connectivity index (χ2v) is 4.99. The largest absolute Gasteiger partial charge is 0.494 e. The Morgan fingerprint density at radius 2 is 2.10 bits per heavy atom. The van der Waals surface area contributed by atoms with Gasteiger partial charge in [0.15, 0.2) is 0 Å². The minimum absolute atomic E-state index is 0.164. The van der Waals surface area contributed by atoms with Crippen LogP contribution in [0.4, 0.5) is 11.4 Å². The molecule has 0 aliphatic rings. The van der Waals surface area contributed by atoms with E-state index in [9.17, 15) is 9.59 Å². The van der Waals surface area contributed by atoms with Gasteiger partial charge in [-0.3, -0.25) is 9.59 Å². The molecule has 1 rings (SSSR count). The highest BCUT2D eigenvalue weighted by molar-refractivity contribution is 7.99. The number of esters is 1. The van der Waals surface area contributed by atoms with Crippen molar-refractivity contribution in [3.8, 4) is 5.75 Å². The van der Waals surface area contributed by atoms with Crippen molar-refractivity contribution in [1.82, 2.24) is 0 Å². The van der Waals surface area contributed by atoms with Crippen LogP contribution in [-0.4, -0.2) is 37.6 Å². The van der Waals surface area contributed by atoms with Crippen LogP contribution in [-0.2, 0) is 14.3 Å². The number of amides is 1. The third kappa shape index (κ3) is 5.40. The highest BCUT2D eigenvalue weighted by Crippen LogP contribution is 2.26. The molecule has 0 saturated heterocycles. The molecule has 1 aromatic carbocycles. The smallest absolute Gasteiger partial charge is 0.306 e. The van der Waals surface area contributed by atoms with Crippen molar-refractivity contribution >= 4 is 35.0 Å². The molecular weight excluding hydrogens is 280 g/mol. The molecular formula is C13H18N2O4S. The van der Waals surface area contributed by atoms with Crippen LogP contribution >= 0.6 is 11.8 Å². The van der Waals surface area contributed by atoms with E-state index < -0.39 is 0 Å². The van der Waals surface area contributed by atoms with Crippen LogP contribution in [0.25, 0.3) is 0 Å². The number of ether oxygens (including phenoxy) is 2. The lowest BCUT2D eigenvalue weighted by Gasteiger charge is -2.10. The van der Waals surface area contributed by atoms with Gasteiger partial charge < -0.3 is 20.5 Å². The van der Waals surface area contributed by atoms with Gasteiger partial charge >= 0.3 is 5.97 Å². The molecule has 0 fully saturated rings. The lowest BCUT2D eigenvalue weighted by molar-refractivity contribution is -0.140. The number of hydrogen-bond donors (Lipinski definition) is 2. The van der Waals surface area contributed by atoms with Crippen LogP contribution in [0.2, 0.25) is 0 Å². The molecule has 3 N–H and O–H groups in total. The first kappa shape index (κ1) is 16.2. The van der Waals surface area contributed by atoms with Crippen molar-refractivity contribution < 1.29 is 19.1 Å². The van der Waals surface area contributed by atoms with Crippen LogP contribution in [0.3, 0.4) is 0 Å². The Kier molecular flexibility index (Phi) is 6.72. The molecule has 0 unspecified atom stereocenters. The zero-order valence-electron chi connectivity index (χ0n) is 11.5. The molecule has 7 heteroatoms. The maximum atomic E-state index is 11.7. The number of thioether (sulfide) groups is 1. The molecule has 0 radical (unpaired) electrons. The third-order valence-electron chi connectivity index (χ3n) is 2.41. The summed E-state index contributed by atoms with van der Waals surface area (Å²) in [6.45, 7) is 0. The van der Waals surface area contributed by atoms with E-state index in [1.807, 2.05) is 0 Å². The van der Waals surface area contributed by atoms with Gasteiger partial charge in [-0.15, -0.1) is 0 Å². The van der Waals surface area contributed by atoms with Crippen molar-refractivity contribution in [2.45, 2.75) is 6.42 Å². The Morgan fingerprint density at radius 3 is 2.75 bits per heavy atom. The average molecular weight is 298 g/mol. The molecule has 110 valence electrons. The third-order valence-corrected chi connectivity index (χ3v) is 3.37. The number of anilines is 2. The van der Waals surface area contributed by atoms with Gasteiger partial charge in [0.2, 0.25) is 5.91 Å². The number of nitrogens with one attached hydrogen (secondary N) is 1. The second-order valence-electron chi connectivity index (χ2n) is 3.89. The lowest BCUT2D eigenvalue weighted by Crippen LogP contribution is -2.15. The van der Waals surface area contributed by atoms with E-state index in [-0.39, 0.29) is 17.6 Å². The molecule has 0 saturated carbocycles. The van der Waals surface area contributed by atoms with Crippen molar-refractivity contribution in [1.29, 1.82) is 0 Å². The molecule has 0 atom stereocenters. The Morgan fingerprint density at radius 1 is 1.35 bits per heavy atom. The molecule has 0 spiro atoms. The summed E-state index contributed by atoms with van der Waals surface area (Å²) in [6, 6.07) is 5.01. The van der Waals surface area contributed by atoms with Gasteiger partial charge in [-0.1, -0.05) is 0 Å². The SMILES string of the molecule is COC(=O)CCSCC(=O)Nc1ccc(N)cc1OC. The van der Waals surface area contributed by atoms with Crippen LogP contribution in [0.15, 0.2) is 18.2 Å². The summed E-state index contributed by atoms with van der Waals surface area (Å²) in [6.07, 6.45) is 0.291. The minimum Gasteiger partial charge on any atom is -0.494 e. The molecule has 6 nitrogen and oxygen atoms in total. The van der Waals surface area contributed by atoms with Gasteiger partial charge in [-0.2, -0.15) is 11.8 Å². The van der Waals surface area contributed by atoms with E-state index >= 15 is 0 Å². The summed E-state index contributed by atoms with van der Waals surface area (Å²) in [5, 5.41) is 2.73. The number of rotatable bonds is 7. The van der Waals surface area contributed by atoms with E-state index in [0.717, 1.165) is 0 Å². The van der Waals surface area contributed by atoms with E-state index in [1.54, 1.807) is 18.2 Å². The Labute approximate surface area is 122 Å². The topological polar surface area (TPSA) is 90.7 Å². The zero-order valence-corrected chi connectivity index (χ0v) is 12.3. The fourth-order valence-electron chi connectivity index (χ4n) is 1.42. The number of benzene rings is 1. The number of carbonyl (C=O) groups excluding carboxylic acids is 2. The molecule has 0 aromatic heterocycles. The Balaban J connectivity index is 2.41. The highest BCUT2D eigenvalue weighted by atomic mass is 32.2. The summed E-state index contributed by atoms with van der Waals surface area (Å²) in [5.74, 6) is 0.864. The van der Waals surface area contributed by atoms with E-state index in [1.165, 1.54) is 26.0 Å². The van der Waals surface area contributed by atoms with Crippen molar-refractivity contribution in [3.63, 3.8) is 0 Å². The number of carbonyl (C=O) groups is 2. The highest BCUT2D eigenvalue weighted by Gasteiger charge is 2.08. The maximum absolute atomic E-state index is 11.7. The van der Waals surface area contributed by atoms with Crippen molar-refractivity contribution in [2.75, 3.05) is 36.8 Å². The van der Waals surface area contributed by atoms with Crippen LogP contribution < -0.4 is 15.8 Å². The first-order valence-corrected chi connectivity index (χ1v) is 7.10. The van der Waals surface area contributed by atoms with Gasteiger partial charge in [0.25, 0.3) is 0 Å². The first-order chi connectivity index (χ1) is 9.56. The summed E-state index contributed by atoms with van der Waals surface area (Å²) in [5.41, 5.74) is 6.77. The lowest BCUT2D eigenvalue weighted by atomic mass is 10.2. The summed E-state index contributed by atoms with van der Waals surface area (Å²) < 4.78 is 9.65. The predicted octanol–water partition coefficient (Wildman–Crippen LogP) is 1.51. The normalized spacial score (nSPS) is 9.90. The first-order valence-electron chi connectivity index (χ1n) is 5.94. The Hall–Kier alpha value is -1.89. The minimum atomic E-state index is -0.280. The second kappa shape index (κ2) is 8.31. The average Bonchev–Trinajstić information content (AvgIpc) is 2.45. The van der Waals surface area contributed by atoms with Crippen LogP contribution in [0, 0.1) is 0 Å². The fourth-order valence-corrected chi connectivity index (χ4v) is 2.13. The van der Waals surface area contributed by atoms with E-state index in [0.29, 0.717) is 29.3 Å². The summed E-state index contributed by atoms with van der Waals surface area (Å²) >= 11 is 1.36. The molecule has 1 amide bonds. The monoisotopic (exact) mass is 298 g/mol. The van der Waals surface area contributed by atoms with Gasteiger partial charge in [0.05, 0.1) is 32.1 Å². The summed E-state index contributed by atoms with van der Waals surface area (Å²) in [7, 11) is 2.85. The number of nitrogens with two attached hydrogens (primary N) is 1. The molecule has 0 aliphatic heterocycles. The molecule has 0 aliphatic carbocycles. The van der Waals surface area contributed by atoms with E-state index in [2.05, 4.69) is 10.1 Å². The van der Waals surface area contributed by atoms with Crippen molar-refractivity contribution in [2.24, 2.45) is 0 Å². The number of hydrogen-bond acceptors (Lipinski definition) is 6. The summed E-state index contributed by atoms with van der Waals surface area (Å²) in [4.78, 5) is 22.6. The molecule has 20 heavy (non-hydrogen) atoms. The van der Waals surface area contributed by atoms with Crippen molar-refractivity contribution in [3.05, 3.63) is 18.2 Å². The molecule has 1 aromatic rings. The zero-order chi connectivity index (χ0) is 15.0. The maximum Gasteiger partial charge on any atom is 0.306 e. The fraction of sp³-hybridized carbons (Fsp3) is 0.385. The Bertz CT molecular complexity index is 479. The standard InChI is InChI=1S/C13H18N2O4S/c1-18-11-7-9(14)3-4-10(11)15-12(16)8-20-6-5-13(17)19-2/h3-4,7H,5-6,8,14H2,1-2H3,(H,15,16). The van der Waals surface area contributed by atoms with Gasteiger partial charge in [-0.05, 0) is 12.1 Å². The quantitative estimate of drug-likeness (QED) is 0.450. The predicted molar refractivity (Wildman–Crippen MR) is 80.0 cm³/mol. The van der Waals surface area contributed by atoms with Crippen LogP contribution in [0.1, 0.15) is 6.42 Å². The van der Waals surface area contributed by atoms with E-state index in [4.69, 9.17) is 10.5 Å². The van der Waals surface area contributed by atoms with Gasteiger partial charge in [0.1, 0.15) is 5.75 Å². The van der Waals surface area contributed by atoms with Gasteiger partial charge in [0, 0.05) is 17.5 Å². The molecule has 0 bridgehead atoms. The number of nitrogen functional groups attached to an aromatic ring is 1. The molecule has 0 heterocycles. The van der Waals surface area contributed by atoms with Gasteiger partial charge in [-0.25, -0.2) is 0 Å².